The van der Waals surface area contributed by atoms with E-state index < -0.39 is 0 Å². The molecule has 0 radical (unpaired) electrons. The van der Waals surface area contributed by atoms with Gasteiger partial charge in [-0.1, -0.05) is 48.5 Å². The third-order valence-corrected chi connectivity index (χ3v) is 3.12. The van der Waals surface area contributed by atoms with Gasteiger partial charge in [-0.15, -0.1) is 12.4 Å². The molecule has 0 saturated heterocycles. The first-order valence-corrected chi connectivity index (χ1v) is 6.64. The Hall–Kier alpha value is -1.51. The van der Waals surface area contributed by atoms with Gasteiger partial charge in [0.05, 0.1) is 1.37 Å². The normalized spacial score (nSPS) is 12.2. The van der Waals surface area contributed by atoms with Gasteiger partial charge in [0.2, 0.25) is 0 Å². The zero-order chi connectivity index (χ0) is 14.4. The molecular weight excluding hydrogens is 270 g/mol. The zero-order valence-corrected chi connectivity index (χ0v) is 12.7. The number of nitrogens with one attached hydrogen (secondary N) is 1. The van der Waals surface area contributed by atoms with E-state index in [0.29, 0.717) is 6.04 Å². The fourth-order valence-corrected chi connectivity index (χ4v) is 2.02. The van der Waals surface area contributed by atoms with Crippen LogP contribution in [0.3, 0.4) is 0 Å². The summed E-state index contributed by atoms with van der Waals surface area (Å²) in [6, 6.07) is 16.3. The summed E-state index contributed by atoms with van der Waals surface area (Å²) in [6.45, 7) is 2.88. The van der Waals surface area contributed by atoms with Gasteiger partial charge in [-0.25, -0.2) is 0 Å². The predicted octanol–water partition coefficient (Wildman–Crippen LogP) is 4.15. The third-order valence-electron chi connectivity index (χ3n) is 3.12. The van der Waals surface area contributed by atoms with Crippen molar-refractivity contribution >= 4 is 12.4 Å². The molecule has 0 spiro atoms. The summed E-state index contributed by atoms with van der Waals surface area (Å²) in [5.41, 5.74) is 2.18. The Morgan fingerprint density at radius 1 is 1.15 bits per heavy atom. The molecule has 0 fully saturated rings. The van der Waals surface area contributed by atoms with Crippen LogP contribution < -0.4 is 10.1 Å². The van der Waals surface area contributed by atoms with Crippen molar-refractivity contribution in [2.24, 2.45) is 0 Å². The first kappa shape index (κ1) is 14.9. The molecule has 0 saturated carbocycles. The monoisotopic (exact) mass is 292 g/mol. The smallest absolute Gasteiger partial charge is 0.125 e. The van der Waals surface area contributed by atoms with Crippen molar-refractivity contribution in [3.8, 4) is 5.75 Å². The lowest BCUT2D eigenvalue weighted by molar-refractivity contribution is 0.193. The number of aryl methyl sites for hydroxylation is 1. The fourth-order valence-electron chi connectivity index (χ4n) is 2.02. The molecule has 0 amide bonds. The topological polar surface area (TPSA) is 21.3 Å². The van der Waals surface area contributed by atoms with E-state index in [2.05, 4.69) is 17.4 Å². The molecule has 2 nitrogen and oxygen atoms in total. The number of hydrogen-bond acceptors (Lipinski definition) is 2. The standard InChI is InChI=1S/C17H21NO.ClH/c1-14-8-6-7-11-16(14)19-17(12-13-18-2)15-9-4-3-5-10-15;/h3-11,17-18H,12-13H2,1-2H3;1H/i6D;. The lowest BCUT2D eigenvalue weighted by atomic mass is 10.1. The van der Waals surface area contributed by atoms with Gasteiger partial charge in [0, 0.05) is 6.42 Å². The first-order chi connectivity index (χ1) is 9.70. The van der Waals surface area contributed by atoms with E-state index in [1.54, 1.807) is 6.07 Å². The molecule has 2 rings (SSSR count). The SMILES string of the molecule is Cl.[2H]c1ccc(OC(CCNC)c2ccccc2)c(C)c1. The molecule has 20 heavy (non-hydrogen) atoms. The van der Waals surface area contributed by atoms with Crippen molar-refractivity contribution in [3.63, 3.8) is 0 Å². The van der Waals surface area contributed by atoms with Crippen molar-refractivity contribution in [3.05, 3.63) is 65.7 Å². The summed E-state index contributed by atoms with van der Waals surface area (Å²) in [6.07, 6.45) is 0.932. The van der Waals surface area contributed by atoms with Crippen molar-refractivity contribution in [2.45, 2.75) is 19.4 Å². The highest BCUT2D eigenvalue weighted by Crippen LogP contribution is 2.26. The Labute approximate surface area is 129 Å². The largest absolute Gasteiger partial charge is 0.485 e. The number of benzene rings is 2. The second-order valence-corrected chi connectivity index (χ2v) is 4.60. The van der Waals surface area contributed by atoms with Crippen LogP contribution in [0.15, 0.2) is 54.6 Å². The minimum absolute atomic E-state index is 0. The Kier molecular flexibility index (Phi) is 6.42. The van der Waals surface area contributed by atoms with Gasteiger partial charge < -0.3 is 10.1 Å². The van der Waals surface area contributed by atoms with E-state index in [1.807, 2.05) is 44.3 Å². The molecule has 108 valence electrons. The maximum atomic E-state index is 7.62. The molecular formula is C17H22ClNO. The highest BCUT2D eigenvalue weighted by atomic mass is 35.5. The van der Waals surface area contributed by atoms with E-state index in [0.717, 1.165) is 24.3 Å². The minimum Gasteiger partial charge on any atom is -0.485 e. The van der Waals surface area contributed by atoms with Gasteiger partial charge in [0.25, 0.3) is 0 Å². The van der Waals surface area contributed by atoms with Crippen molar-refractivity contribution < 1.29 is 6.11 Å². The number of rotatable bonds is 6. The molecule has 0 heterocycles. The number of ether oxygens (including phenoxy) is 1. The Morgan fingerprint density at radius 3 is 2.55 bits per heavy atom. The van der Waals surface area contributed by atoms with Crippen LogP contribution in [0.25, 0.3) is 0 Å². The van der Waals surface area contributed by atoms with Gasteiger partial charge in [-0.05, 0) is 37.7 Å². The highest BCUT2D eigenvalue weighted by molar-refractivity contribution is 5.85. The summed E-state index contributed by atoms with van der Waals surface area (Å²) in [5.74, 6) is 0.853. The molecule has 0 aromatic heterocycles. The maximum Gasteiger partial charge on any atom is 0.125 e. The van der Waals surface area contributed by atoms with Crippen LogP contribution in [0.2, 0.25) is 0 Å². The average molecular weight is 293 g/mol. The maximum absolute atomic E-state index is 7.62. The van der Waals surface area contributed by atoms with E-state index in [4.69, 9.17) is 6.11 Å². The van der Waals surface area contributed by atoms with Gasteiger partial charge in [-0.3, -0.25) is 0 Å². The molecule has 1 unspecified atom stereocenters. The van der Waals surface area contributed by atoms with Crippen LogP contribution in [0, 0.1) is 6.92 Å². The summed E-state index contributed by atoms with van der Waals surface area (Å²) in [4.78, 5) is 0. The average Bonchev–Trinajstić information content (AvgIpc) is 2.46. The molecule has 1 N–H and O–H groups in total. The third kappa shape index (κ3) is 4.55. The minimum atomic E-state index is 0. The van der Waals surface area contributed by atoms with Gasteiger partial charge in [0.15, 0.2) is 0 Å². The molecule has 2 aromatic carbocycles. The van der Waals surface area contributed by atoms with Crippen molar-refractivity contribution in [1.82, 2.24) is 5.32 Å². The Bertz CT molecular complexity index is 548. The second kappa shape index (κ2) is 8.62. The first-order valence-electron chi connectivity index (χ1n) is 7.14. The molecule has 1 atom stereocenters. The number of para-hydroxylation sites is 1. The quantitative estimate of drug-likeness (QED) is 0.864. The lowest BCUT2D eigenvalue weighted by Crippen LogP contribution is -2.16. The van der Waals surface area contributed by atoms with Crippen LogP contribution in [0.1, 0.15) is 25.0 Å². The van der Waals surface area contributed by atoms with E-state index in [-0.39, 0.29) is 18.5 Å². The summed E-state index contributed by atoms with van der Waals surface area (Å²) < 4.78 is 13.8. The molecule has 0 aliphatic heterocycles. The highest BCUT2D eigenvalue weighted by Gasteiger charge is 2.13. The van der Waals surface area contributed by atoms with Gasteiger partial charge in [0.1, 0.15) is 11.9 Å². The van der Waals surface area contributed by atoms with Gasteiger partial charge >= 0.3 is 0 Å². The van der Waals surface area contributed by atoms with E-state index >= 15 is 0 Å². The molecule has 0 aliphatic carbocycles. The van der Waals surface area contributed by atoms with Crippen LogP contribution in [-0.2, 0) is 0 Å². The summed E-state index contributed by atoms with van der Waals surface area (Å²) in [5, 5.41) is 3.17. The molecule has 2 aromatic rings. The van der Waals surface area contributed by atoms with Crippen LogP contribution >= 0.6 is 12.4 Å². The fraction of sp³-hybridized carbons (Fsp3) is 0.294. The predicted molar refractivity (Wildman–Crippen MR) is 86.8 cm³/mol. The summed E-state index contributed by atoms with van der Waals surface area (Å²) >= 11 is 0. The molecule has 0 bridgehead atoms. The molecule has 3 heteroatoms. The van der Waals surface area contributed by atoms with Gasteiger partial charge in [-0.2, -0.15) is 0 Å². The summed E-state index contributed by atoms with van der Waals surface area (Å²) in [7, 11) is 1.95. The zero-order valence-electron chi connectivity index (χ0n) is 12.9. The molecule has 0 aliphatic rings. The van der Waals surface area contributed by atoms with Crippen LogP contribution in [0.5, 0.6) is 5.75 Å². The Balaban J connectivity index is 0.00000220. The van der Waals surface area contributed by atoms with Crippen molar-refractivity contribution in [2.75, 3.05) is 13.6 Å². The van der Waals surface area contributed by atoms with Crippen LogP contribution in [-0.4, -0.2) is 13.6 Å². The number of halogens is 1. The number of hydrogen-bond donors (Lipinski definition) is 1. The second-order valence-electron chi connectivity index (χ2n) is 4.60. The van der Waals surface area contributed by atoms with Crippen molar-refractivity contribution in [1.29, 1.82) is 0 Å². The van der Waals surface area contributed by atoms with E-state index in [9.17, 15) is 0 Å². The van der Waals surface area contributed by atoms with Crippen LogP contribution in [0.4, 0.5) is 0 Å². The lowest BCUT2D eigenvalue weighted by Gasteiger charge is -2.20. The Morgan fingerprint density at radius 2 is 1.90 bits per heavy atom. The van der Waals surface area contributed by atoms with E-state index in [1.165, 1.54) is 5.56 Å².